The van der Waals surface area contributed by atoms with Gasteiger partial charge in [0.1, 0.15) is 6.54 Å². The largest absolute Gasteiger partial charge is 0.480 e. The van der Waals surface area contributed by atoms with E-state index in [2.05, 4.69) is 10.6 Å². The third-order valence-electron chi connectivity index (χ3n) is 2.01. The maximum Gasteiger partial charge on any atom is 0.322 e. The normalized spacial score (nSPS) is 11.6. The number of unbranched alkanes of at least 4 members (excludes halogenated alkanes) is 1. The smallest absolute Gasteiger partial charge is 0.322 e. The summed E-state index contributed by atoms with van der Waals surface area (Å²) in [6.07, 6.45) is 1.90. The van der Waals surface area contributed by atoms with Crippen LogP contribution < -0.4 is 22.1 Å². The molecule has 0 bridgehead atoms. The molecule has 0 aromatic rings. The number of carbonyl (C=O) groups is 2. The van der Waals surface area contributed by atoms with E-state index < -0.39 is 24.5 Å². The van der Waals surface area contributed by atoms with Gasteiger partial charge >= 0.3 is 5.97 Å². The Hall–Kier alpha value is -1.83. The number of amides is 1. The summed E-state index contributed by atoms with van der Waals surface area (Å²) in [5, 5.41) is 20.1. The molecule has 0 rings (SSSR count). The van der Waals surface area contributed by atoms with E-state index in [1.807, 2.05) is 0 Å². The van der Waals surface area contributed by atoms with Crippen LogP contribution in [0.2, 0.25) is 0 Å². The average Bonchev–Trinajstić information content (AvgIpc) is 2.24. The highest BCUT2D eigenvalue weighted by Crippen LogP contribution is 1.98. The molecule has 0 saturated heterocycles. The number of aliphatic carboxylic acids is 1. The van der Waals surface area contributed by atoms with Crippen molar-refractivity contribution in [2.75, 3.05) is 13.1 Å². The van der Waals surface area contributed by atoms with Gasteiger partial charge in [-0.25, -0.2) is 0 Å². The molecule has 0 aromatic heterocycles. The zero-order valence-electron chi connectivity index (χ0n) is 9.53. The van der Waals surface area contributed by atoms with Crippen molar-refractivity contribution in [3.63, 3.8) is 0 Å². The molecule has 0 fully saturated rings. The van der Waals surface area contributed by atoms with Gasteiger partial charge in [-0.3, -0.25) is 15.0 Å². The van der Waals surface area contributed by atoms with Crippen LogP contribution in [0.5, 0.6) is 0 Å². The molecule has 0 aliphatic heterocycles. The first-order valence-electron chi connectivity index (χ1n) is 5.26. The monoisotopic (exact) mass is 245 g/mol. The third-order valence-corrected chi connectivity index (χ3v) is 2.01. The first kappa shape index (κ1) is 15.2. The van der Waals surface area contributed by atoms with Crippen LogP contribution in [0.4, 0.5) is 0 Å². The van der Waals surface area contributed by atoms with Crippen molar-refractivity contribution in [2.24, 2.45) is 11.5 Å². The summed E-state index contributed by atoms with van der Waals surface area (Å²) in [5.74, 6) is -1.66. The highest BCUT2D eigenvalue weighted by atomic mass is 16.4. The summed E-state index contributed by atoms with van der Waals surface area (Å²) in [7, 11) is 0. The molecule has 0 radical (unpaired) electrons. The fraction of sp³-hybridized carbons (Fsp3) is 0.667. The van der Waals surface area contributed by atoms with Crippen molar-refractivity contribution in [3.05, 3.63) is 0 Å². The quantitative estimate of drug-likeness (QED) is 0.168. The molecule has 0 aliphatic rings. The van der Waals surface area contributed by atoms with E-state index in [4.69, 9.17) is 22.0 Å². The maximum atomic E-state index is 11.3. The number of carboxylic acids is 1. The molecular formula is C9H19N5O3. The van der Waals surface area contributed by atoms with E-state index in [9.17, 15) is 9.59 Å². The fourth-order valence-electron chi connectivity index (χ4n) is 1.14. The van der Waals surface area contributed by atoms with Crippen molar-refractivity contribution in [2.45, 2.75) is 25.3 Å². The zero-order chi connectivity index (χ0) is 13.3. The van der Waals surface area contributed by atoms with Gasteiger partial charge in [0, 0.05) is 6.54 Å². The van der Waals surface area contributed by atoms with Crippen molar-refractivity contribution in [3.8, 4) is 0 Å². The van der Waals surface area contributed by atoms with E-state index in [1.165, 1.54) is 0 Å². The Morgan fingerprint density at radius 3 is 2.47 bits per heavy atom. The summed E-state index contributed by atoms with van der Waals surface area (Å²) in [6, 6.07) is -0.702. The molecule has 8 heteroatoms. The van der Waals surface area contributed by atoms with Gasteiger partial charge < -0.3 is 27.2 Å². The van der Waals surface area contributed by atoms with Crippen molar-refractivity contribution in [1.82, 2.24) is 10.6 Å². The van der Waals surface area contributed by atoms with Crippen LogP contribution in [0.1, 0.15) is 19.3 Å². The van der Waals surface area contributed by atoms with Gasteiger partial charge in [-0.1, -0.05) is 0 Å². The van der Waals surface area contributed by atoms with E-state index in [1.54, 1.807) is 0 Å². The minimum Gasteiger partial charge on any atom is -0.480 e. The second-order valence-electron chi connectivity index (χ2n) is 3.55. The highest BCUT2D eigenvalue weighted by molar-refractivity contribution is 5.84. The second kappa shape index (κ2) is 8.34. The molecule has 8 N–H and O–H groups in total. The third kappa shape index (κ3) is 9.12. The minimum absolute atomic E-state index is 0.0894. The lowest BCUT2D eigenvalue weighted by Crippen LogP contribution is -2.42. The first-order valence-corrected chi connectivity index (χ1v) is 5.26. The molecule has 1 amide bonds. The number of hydrogen-bond acceptors (Lipinski definition) is 4. The fourth-order valence-corrected chi connectivity index (χ4v) is 1.14. The number of rotatable bonds is 8. The van der Waals surface area contributed by atoms with Gasteiger partial charge in [-0.2, -0.15) is 0 Å². The molecular weight excluding hydrogens is 226 g/mol. The van der Waals surface area contributed by atoms with Crippen LogP contribution in [0.3, 0.4) is 0 Å². The summed E-state index contributed by atoms with van der Waals surface area (Å²) in [6.45, 7) is 0.136. The molecule has 8 nitrogen and oxygen atoms in total. The Labute approximate surface area is 99.2 Å². The molecule has 0 aromatic carbocycles. The lowest BCUT2D eigenvalue weighted by molar-refractivity contribution is -0.138. The number of hydrogen-bond donors (Lipinski definition) is 6. The van der Waals surface area contributed by atoms with Crippen molar-refractivity contribution >= 4 is 17.8 Å². The topological polar surface area (TPSA) is 154 Å². The van der Waals surface area contributed by atoms with Crippen LogP contribution in [-0.2, 0) is 9.59 Å². The van der Waals surface area contributed by atoms with E-state index in [0.717, 1.165) is 6.42 Å². The number of nitrogens with two attached hydrogens (primary N) is 2. The van der Waals surface area contributed by atoms with Gasteiger partial charge in [-0.15, -0.1) is 0 Å². The van der Waals surface area contributed by atoms with Gasteiger partial charge in [0.05, 0.1) is 6.04 Å². The van der Waals surface area contributed by atoms with Gasteiger partial charge in [0.15, 0.2) is 5.96 Å². The SMILES string of the molecule is N=C(N)NCCCC[C@H](N)C(=O)NCC(=O)O. The number of nitrogens with one attached hydrogen (secondary N) is 3. The Balaban J connectivity index is 3.57. The molecule has 0 aliphatic carbocycles. The summed E-state index contributed by atoms with van der Waals surface area (Å²) < 4.78 is 0. The Morgan fingerprint density at radius 2 is 1.94 bits per heavy atom. The van der Waals surface area contributed by atoms with Gasteiger partial charge in [0.2, 0.25) is 5.91 Å². The summed E-state index contributed by atoms with van der Waals surface area (Å²) in [5.41, 5.74) is 10.6. The molecule has 0 unspecified atom stereocenters. The Morgan fingerprint density at radius 1 is 1.29 bits per heavy atom. The van der Waals surface area contributed by atoms with Crippen molar-refractivity contribution < 1.29 is 14.7 Å². The lowest BCUT2D eigenvalue weighted by Gasteiger charge is -2.11. The number of guanidine groups is 1. The first-order chi connectivity index (χ1) is 7.93. The Bertz CT molecular complexity index is 282. The van der Waals surface area contributed by atoms with Crippen LogP contribution in [0.15, 0.2) is 0 Å². The van der Waals surface area contributed by atoms with Gasteiger partial charge in [0.25, 0.3) is 0 Å². The molecule has 0 saturated carbocycles. The predicted molar refractivity (Wildman–Crippen MR) is 62.4 cm³/mol. The second-order valence-corrected chi connectivity index (χ2v) is 3.55. The van der Waals surface area contributed by atoms with Crippen LogP contribution >= 0.6 is 0 Å². The number of carbonyl (C=O) groups excluding carboxylic acids is 1. The minimum atomic E-state index is -1.10. The van der Waals surface area contributed by atoms with Crippen LogP contribution in [0.25, 0.3) is 0 Å². The van der Waals surface area contributed by atoms with Crippen LogP contribution in [0, 0.1) is 5.41 Å². The zero-order valence-corrected chi connectivity index (χ0v) is 9.53. The maximum absolute atomic E-state index is 11.3. The molecule has 17 heavy (non-hydrogen) atoms. The van der Waals surface area contributed by atoms with E-state index in [0.29, 0.717) is 19.4 Å². The molecule has 98 valence electrons. The molecule has 1 atom stereocenters. The van der Waals surface area contributed by atoms with E-state index in [-0.39, 0.29) is 5.96 Å². The molecule has 0 spiro atoms. The highest BCUT2D eigenvalue weighted by Gasteiger charge is 2.13. The summed E-state index contributed by atoms with van der Waals surface area (Å²) >= 11 is 0. The van der Waals surface area contributed by atoms with Crippen LogP contribution in [-0.4, -0.2) is 42.1 Å². The van der Waals surface area contributed by atoms with E-state index >= 15 is 0 Å². The molecule has 0 heterocycles. The number of carboxylic acid groups (broad SMARTS) is 1. The average molecular weight is 245 g/mol. The standard InChI is InChI=1S/C9H19N5O3/c10-6(8(17)14-5-7(15)16)3-1-2-4-13-9(11)12/h6H,1-5,10H2,(H,14,17)(H,15,16)(H4,11,12,13)/t6-/m0/s1. The predicted octanol–water partition coefficient (Wildman–Crippen LogP) is -1.83. The lowest BCUT2D eigenvalue weighted by atomic mass is 10.1. The Kier molecular flexibility index (Phi) is 7.44. The summed E-state index contributed by atoms with van der Waals surface area (Å²) in [4.78, 5) is 21.4. The van der Waals surface area contributed by atoms with Gasteiger partial charge in [-0.05, 0) is 19.3 Å². The van der Waals surface area contributed by atoms with Crippen molar-refractivity contribution in [1.29, 1.82) is 5.41 Å².